The Bertz CT molecular complexity index is 407. The van der Waals surface area contributed by atoms with Crippen LogP contribution < -0.4 is 10.1 Å². The Morgan fingerprint density at radius 3 is 2.38 bits per heavy atom. The molecule has 1 aromatic carbocycles. The van der Waals surface area contributed by atoms with Gasteiger partial charge in [0.2, 0.25) is 0 Å². The predicted octanol–water partition coefficient (Wildman–Crippen LogP) is 1.87. The van der Waals surface area contributed by atoms with Crippen molar-refractivity contribution in [2.75, 3.05) is 7.11 Å². The summed E-state index contributed by atoms with van der Waals surface area (Å²) in [5.74, 6) is -2.67. The second kappa shape index (κ2) is 4.08. The Kier molecular flexibility index (Phi) is 2.77. The van der Waals surface area contributed by atoms with Crippen LogP contribution in [0.5, 0.6) is 5.75 Å². The van der Waals surface area contributed by atoms with Crippen molar-refractivity contribution < 1.29 is 18.3 Å². The smallest absolute Gasteiger partial charge is 0.251 e. The average Bonchev–Trinajstić information content (AvgIpc) is 3.01. The lowest BCUT2D eigenvalue weighted by atomic mass is 10.2. The molecule has 16 heavy (non-hydrogen) atoms. The number of methoxy groups -OCH3 is 1. The standard InChI is InChI=1S/C11H11F2NO2/c1-16-10-8(12)4-6(5-9(10)13)11(15)14-7-2-3-7/h4-5,7H,2-3H2,1H3,(H,14,15). The van der Waals surface area contributed by atoms with E-state index in [1.165, 1.54) is 7.11 Å². The second-order valence-corrected chi connectivity index (χ2v) is 3.72. The molecule has 1 N–H and O–H groups in total. The van der Waals surface area contributed by atoms with E-state index in [-0.39, 0.29) is 11.6 Å². The summed E-state index contributed by atoms with van der Waals surface area (Å²) in [4.78, 5) is 11.5. The van der Waals surface area contributed by atoms with Crippen LogP contribution in [0.1, 0.15) is 23.2 Å². The van der Waals surface area contributed by atoms with E-state index in [1.807, 2.05) is 0 Å². The fourth-order valence-corrected chi connectivity index (χ4v) is 1.38. The Balaban J connectivity index is 2.24. The van der Waals surface area contributed by atoms with Crippen molar-refractivity contribution in [3.05, 3.63) is 29.3 Å². The zero-order chi connectivity index (χ0) is 11.7. The number of rotatable bonds is 3. The average molecular weight is 227 g/mol. The highest BCUT2D eigenvalue weighted by Gasteiger charge is 2.24. The van der Waals surface area contributed by atoms with E-state index in [2.05, 4.69) is 10.1 Å². The van der Waals surface area contributed by atoms with Gasteiger partial charge >= 0.3 is 0 Å². The molecule has 0 radical (unpaired) electrons. The van der Waals surface area contributed by atoms with E-state index in [1.54, 1.807) is 0 Å². The minimum atomic E-state index is -0.872. The van der Waals surface area contributed by atoms with Crippen molar-refractivity contribution in [3.63, 3.8) is 0 Å². The summed E-state index contributed by atoms with van der Waals surface area (Å²) in [6, 6.07) is 2.10. The third kappa shape index (κ3) is 2.13. The zero-order valence-electron chi connectivity index (χ0n) is 8.72. The summed E-state index contributed by atoms with van der Waals surface area (Å²) in [6.07, 6.45) is 1.85. The van der Waals surface area contributed by atoms with Crippen LogP contribution in [0, 0.1) is 11.6 Å². The Morgan fingerprint density at radius 1 is 1.38 bits per heavy atom. The summed E-state index contributed by atoms with van der Waals surface area (Å²) in [6.45, 7) is 0. The molecule has 0 atom stereocenters. The van der Waals surface area contributed by atoms with Gasteiger partial charge in [0, 0.05) is 11.6 Å². The first-order valence-electron chi connectivity index (χ1n) is 4.95. The molecule has 1 aromatic rings. The van der Waals surface area contributed by atoms with Gasteiger partial charge in [0.05, 0.1) is 7.11 Å². The Morgan fingerprint density at radius 2 is 1.94 bits per heavy atom. The second-order valence-electron chi connectivity index (χ2n) is 3.72. The number of ether oxygens (including phenoxy) is 1. The first-order chi connectivity index (χ1) is 7.61. The topological polar surface area (TPSA) is 38.3 Å². The number of carbonyl (C=O) groups is 1. The van der Waals surface area contributed by atoms with Crippen molar-refractivity contribution >= 4 is 5.91 Å². The van der Waals surface area contributed by atoms with Gasteiger partial charge in [-0.25, -0.2) is 8.78 Å². The lowest BCUT2D eigenvalue weighted by Gasteiger charge is -2.07. The highest BCUT2D eigenvalue weighted by molar-refractivity contribution is 5.94. The molecule has 1 aliphatic carbocycles. The summed E-state index contributed by atoms with van der Waals surface area (Å²) in [5.41, 5.74) is -0.0253. The Hall–Kier alpha value is -1.65. The van der Waals surface area contributed by atoms with Crippen LogP contribution in [0.3, 0.4) is 0 Å². The first kappa shape index (κ1) is 10.9. The normalized spacial score (nSPS) is 14.7. The molecule has 0 aliphatic heterocycles. The van der Waals surface area contributed by atoms with Gasteiger partial charge in [0.25, 0.3) is 5.91 Å². The molecule has 0 unspecified atom stereocenters. The maximum Gasteiger partial charge on any atom is 0.251 e. The lowest BCUT2D eigenvalue weighted by Crippen LogP contribution is -2.25. The van der Waals surface area contributed by atoms with E-state index in [9.17, 15) is 13.6 Å². The monoisotopic (exact) mass is 227 g/mol. The SMILES string of the molecule is COc1c(F)cc(C(=O)NC2CC2)cc1F. The number of hydrogen-bond donors (Lipinski definition) is 1. The largest absolute Gasteiger partial charge is 0.491 e. The van der Waals surface area contributed by atoms with E-state index in [4.69, 9.17) is 0 Å². The molecule has 1 saturated carbocycles. The number of carbonyl (C=O) groups excluding carboxylic acids is 1. The van der Waals surface area contributed by atoms with E-state index < -0.39 is 23.3 Å². The molecule has 0 saturated heterocycles. The maximum atomic E-state index is 13.3. The van der Waals surface area contributed by atoms with E-state index >= 15 is 0 Å². The number of hydrogen-bond acceptors (Lipinski definition) is 2. The molecule has 0 bridgehead atoms. The maximum absolute atomic E-state index is 13.3. The molecule has 0 aromatic heterocycles. The first-order valence-corrected chi connectivity index (χ1v) is 4.95. The van der Waals surface area contributed by atoms with Crippen LogP contribution in [0.25, 0.3) is 0 Å². The highest BCUT2D eigenvalue weighted by Crippen LogP contribution is 2.24. The highest BCUT2D eigenvalue weighted by atomic mass is 19.1. The van der Waals surface area contributed by atoms with Crippen LogP contribution in [0.2, 0.25) is 0 Å². The summed E-state index contributed by atoms with van der Waals surface area (Å²) in [5, 5.41) is 2.65. The van der Waals surface area contributed by atoms with Crippen molar-refractivity contribution in [1.82, 2.24) is 5.32 Å². The third-order valence-electron chi connectivity index (χ3n) is 2.38. The van der Waals surface area contributed by atoms with Crippen LogP contribution in [-0.2, 0) is 0 Å². The van der Waals surface area contributed by atoms with Gasteiger partial charge in [-0.15, -0.1) is 0 Å². The lowest BCUT2D eigenvalue weighted by molar-refractivity contribution is 0.0950. The molecule has 1 amide bonds. The van der Waals surface area contributed by atoms with E-state index in [0.29, 0.717) is 0 Å². The molecule has 3 nitrogen and oxygen atoms in total. The summed E-state index contributed by atoms with van der Waals surface area (Å²) in [7, 11) is 1.17. The number of amides is 1. The molecular formula is C11H11F2NO2. The molecule has 2 rings (SSSR count). The van der Waals surface area contributed by atoms with Crippen LogP contribution in [0.15, 0.2) is 12.1 Å². The molecule has 86 valence electrons. The van der Waals surface area contributed by atoms with Crippen molar-refractivity contribution in [3.8, 4) is 5.75 Å². The fourth-order valence-electron chi connectivity index (χ4n) is 1.38. The van der Waals surface area contributed by atoms with Gasteiger partial charge in [0.1, 0.15) is 0 Å². The van der Waals surface area contributed by atoms with Gasteiger partial charge in [0.15, 0.2) is 17.4 Å². The fraction of sp³-hybridized carbons (Fsp3) is 0.364. The zero-order valence-corrected chi connectivity index (χ0v) is 8.72. The van der Waals surface area contributed by atoms with Crippen LogP contribution >= 0.6 is 0 Å². The third-order valence-corrected chi connectivity index (χ3v) is 2.38. The van der Waals surface area contributed by atoms with Crippen LogP contribution in [0.4, 0.5) is 8.78 Å². The molecule has 5 heteroatoms. The molecule has 1 fully saturated rings. The molecule has 0 spiro atoms. The van der Waals surface area contributed by atoms with E-state index in [0.717, 1.165) is 25.0 Å². The van der Waals surface area contributed by atoms with Gasteiger partial charge in [-0.05, 0) is 25.0 Å². The molecular weight excluding hydrogens is 216 g/mol. The number of nitrogens with one attached hydrogen (secondary N) is 1. The minimum absolute atomic E-state index is 0.0253. The Labute approximate surface area is 91.4 Å². The van der Waals surface area contributed by atoms with Crippen molar-refractivity contribution in [1.29, 1.82) is 0 Å². The van der Waals surface area contributed by atoms with Crippen LogP contribution in [-0.4, -0.2) is 19.1 Å². The predicted molar refractivity (Wildman–Crippen MR) is 53.4 cm³/mol. The molecule has 1 aliphatic rings. The number of halogens is 2. The van der Waals surface area contributed by atoms with Gasteiger partial charge in [-0.3, -0.25) is 4.79 Å². The quantitative estimate of drug-likeness (QED) is 0.856. The summed E-state index contributed by atoms with van der Waals surface area (Å²) >= 11 is 0. The van der Waals surface area contributed by atoms with Crippen molar-refractivity contribution in [2.24, 2.45) is 0 Å². The van der Waals surface area contributed by atoms with Gasteiger partial charge < -0.3 is 10.1 Å². The van der Waals surface area contributed by atoms with Gasteiger partial charge in [-0.1, -0.05) is 0 Å². The number of benzene rings is 1. The minimum Gasteiger partial charge on any atom is -0.491 e. The van der Waals surface area contributed by atoms with Crippen molar-refractivity contribution in [2.45, 2.75) is 18.9 Å². The van der Waals surface area contributed by atoms with Gasteiger partial charge in [-0.2, -0.15) is 0 Å². The molecule has 0 heterocycles. The summed E-state index contributed by atoms with van der Waals surface area (Å²) < 4.78 is 31.1.